The Morgan fingerprint density at radius 1 is 1.08 bits per heavy atom. The third-order valence-corrected chi connectivity index (χ3v) is 4.75. The lowest BCUT2D eigenvalue weighted by molar-refractivity contribution is -0.120. The third-order valence-electron chi connectivity index (χ3n) is 4.75. The van der Waals surface area contributed by atoms with Crippen LogP contribution in [0.4, 0.5) is 11.6 Å². The number of nitrogens with zero attached hydrogens (tertiary/aromatic N) is 4. The third kappa shape index (κ3) is 4.17. The average molecular weight is 355 g/mol. The van der Waals surface area contributed by atoms with Crippen molar-refractivity contribution in [2.45, 2.75) is 26.0 Å². The molecule has 7 heteroatoms. The number of anilines is 2. The number of aliphatic hydroxyl groups is 1. The molecular formula is C19H25N5O2. The number of rotatable bonds is 5. The lowest BCUT2D eigenvalue weighted by atomic mass is 10.1. The molecule has 0 saturated carbocycles. The minimum absolute atomic E-state index is 0.0671. The highest BCUT2D eigenvalue weighted by atomic mass is 16.3. The van der Waals surface area contributed by atoms with Crippen LogP contribution in [0, 0.1) is 0 Å². The normalized spacial score (nSPS) is 17.6. The molecule has 7 nitrogen and oxygen atoms in total. The second-order valence-corrected chi connectivity index (χ2v) is 6.50. The molecule has 0 bridgehead atoms. The summed E-state index contributed by atoms with van der Waals surface area (Å²) in [6.45, 7) is 6.71. The van der Waals surface area contributed by atoms with Crippen LogP contribution in [0.1, 0.15) is 25.5 Å². The number of aliphatic hydroxyl groups excluding tert-OH is 1. The molecule has 1 saturated heterocycles. The predicted molar refractivity (Wildman–Crippen MR) is 101 cm³/mol. The number of hydrogen-bond acceptors (Lipinski definition) is 6. The van der Waals surface area contributed by atoms with Crippen molar-refractivity contribution in [3.63, 3.8) is 0 Å². The average Bonchev–Trinajstić information content (AvgIpc) is 2.68. The monoisotopic (exact) mass is 355 g/mol. The van der Waals surface area contributed by atoms with E-state index in [1.807, 2.05) is 31.2 Å². The molecule has 26 heavy (non-hydrogen) atoms. The highest BCUT2D eigenvalue weighted by Gasteiger charge is 2.27. The Labute approximate surface area is 153 Å². The van der Waals surface area contributed by atoms with Gasteiger partial charge in [0.05, 0.1) is 12.1 Å². The minimum atomic E-state index is -0.628. The molecular weight excluding hydrogens is 330 g/mol. The molecule has 1 amide bonds. The van der Waals surface area contributed by atoms with Crippen LogP contribution in [0.5, 0.6) is 0 Å². The number of benzene rings is 1. The Hall–Kier alpha value is -2.51. The van der Waals surface area contributed by atoms with E-state index in [0.717, 1.165) is 37.7 Å². The van der Waals surface area contributed by atoms with E-state index in [4.69, 9.17) is 0 Å². The van der Waals surface area contributed by atoms with Crippen molar-refractivity contribution in [3.05, 3.63) is 48.3 Å². The highest BCUT2D eigenvalue weighted by Crippen LogP contribution is 2.23. The number of para-hydroxylation sites is 1. The molecule has 1 fully saturated rings. The molecule has 2 atom stereocenters. The zero-order chi connectivity index (χ0) is 18.5. The van der Waals surface area contributed by atoms with Gasteiger partial charge in [0.25, 0.3) is 0 Å². The summed E-state index contributed by atoms with van der Waals surface area (Å²) in [5, 5.41) is 12.8. The van der Waals surface area contributed by atoms with Crippen LogP contribution in [-0.2, 0) is 4.79 Å². The van der Waals surface area contributed by atoms with Gasteiger partial charge in [-0.15, -0.1) is 0 Å². The Morgan fingerprint density at radius 2 is 1.73 bits per heavy atom. The van der Waals surface area contributed by atoms with Crippen molar-refractivity contribution in [2.24, 2.45) is 0 Å². The van der Waals surface area contributed by atoms with Gasteiger partial charge in [-0.2, -0.15) is 0 Å². The smallest absolute Gasteiger partial charge is 0.241 e. The molecule has 0 unspecified atom stereocenters. The van der Waals surface area contributed by atoms with Gasteiger partial charge in [-0.05, 0) is 26.0 Å². The van der Waals surface area contributed by atoms with Crippen molar-refractivity contribution in [2.75, 3.05) is 36.4 Å². The van der Waals surface area contributed by atoms with E-state index in [2.05, 4.69) is 25.1 Å². The molecule has 1 aliphatic heterocycles. The van der Waals surface area contributed by atoms with Gasteiger partial charge in [-0.1, -0.05) is 18.2 Å². The molecule has 138 valence electrons. The number of piperazine rings is 1. The lowest BCUT2D eigenvalue weighted by Gasteiger charge is -2.37. The van der Waals surface area contributed by atoms with Gasteiger partial charge in [0.1, 0.15) is 0 Å². The highest BCUT2D eigenvalue weighted by molar-refractivity contribution is 5.95. The summed E-state index contributed by atoms with van der Waals surface area (Å²) in [6.07, 6.45) is 2.85. The maximum atomic E-state index is 12.7. The fraction of sp³-hybridized carbons (Fsp3) is 0.421. The molecule has 1 aromatic heterocycles. The lowest BCUT2D eigenvalue weighted by Crippen LogP contribution is -2.53. The Balaban J connectivity index is 1.58. The van der Waals surface area contributed by atoms with Gasteiger partial charge in [0, 0.05) is 49.8 Å². The molecule has 1 aliphatic rings. The van der Waals surface area contributed by atoms with Gasteiger partial charge in [-0.25, -0.2) is 9.97 Å². The molecule has 1 aromatic carbocycles. The first kappa shape index (κ1) is 18.3. The maximum absolute atomic E-state index is 12.7. The fourth-order valence-electron chi connectivity index (χ4n) is 3.14. The van der Waals surface area contributed by atoms with Crippen molar-refractivity contribution in [1.29, 1.82) is 0 Å². The summed E-state index contributed by atoms with van der Waals surface area (Å²) in [7, 11) is 0. The largest absolute Gasteiger partial charge is 0.389 e. The summed E-state index contributed by atoms with van der Waals surface area (Å²) in [5.41, 5.74) is 1.38. The van der Waals surface area contributed by atoms with Crippen molar-refractivity contribution in [1.82, 2.24) is 14.9 Å². The van der Waals surface area contributed by atoms with Crippen LogP contribution in [0.15, 0.2) is 42.7 Å². The van der Waals surface area contributed by atoms with Crippen molar-refractivity contribution < 1.29 is 9.90 Å². The van der Waals surface area contributed by atoms with Crippen LogP contribution >= 0.6 is 0 Å². The number of carbonyl (C=O) groups excluding carboxylic acids is 1. The summed E-state index contributed by atoms with van der Waals surface area (Å²) < 4.78 is 0. The van der Waals surface area contributed by atoms with Gasteiger partial charge in [0.2, 0.25) is 11.9 Å². The number of hydrogen-bond donors (Lipinski definition) is 2. The molecule has 0 aliphatic carbocycles. The van der Waals surface area contributed by atoms with Gasteiger partial charge in [0.15, 0.2) is 0 Å². The Bertz CT molecular complexity index is 730. The van der Waals surface area contributed by atoms with E-state index in [1.54, 1.807) is 25.4 Å². The van der Waals surface area contributed by atoms with E-state index in [9.17, 15) is 9.90 Å². The first-order valence-corrected chi connectivity index (χ1v) is 8.90. The van der Waals surface area contributed by atoms with Crippen LogP contribution in [0.2, 0.25) is 0 Å². The van der Waals surface area contributed by atoms with E-state index < -0.39 is 6.10 Å². The van der Waals surface area contributed by atoms with E-state index >= 15 is 0 Å². The number of carbonyl (C=O) groups is 1. The fourth-order valence-corrected chi connectivity index (χ4v) is 3.14. The number of nitrogens with one attached hydrogen (secondary N) is 1. The number of amides is 1. The standard InChI is InChI=1S/C19H25N5O2/c1-14(18(26)22-17-7-4-3-6-16(17)15(2)25)23-10-12-24(13-11-23)19-20-8-5-9-21-19/h3-9,14-15,25H,10-13H2,1-2H3,(H,22,26)/t14-,15+/m0/s1. The van der Waals surface area contributed by atoms with Crippen LogP contribution < -0.4 is 10.2 Å². The maximum Gasteiger partial charge on any atom is 0.241 e. The van der Waals surface area contributed by atoms with Crippen molar-refractivity contribution in [3.8, 4) is 0 Å². The van der Waals surface area contributed by atoms with Gasteiger partial charge < -0.3 is 15.3 Å². The molecule has 2 N–H and O–H groups in total. The Kier molecular flexibility index (Phi) is 5.80. The number of aromatic nitrogens is 2. The topological polar surface area (TPSA) is 81.6 Å². The van der Waals surface area contributed by atoms with Gasteiger partial charge in [-0.3, -0.25) is 9.69 Å². The Morgan fingerprint density at radius 3 is 2.38 bits per heavy atom. The zero-order valence-electron chi connectivity index (χ0n) is 15.2. The summed E-state index contributed by atoms with van der Waals surface area (Å²) in [4.78, 5) is 25.5. The summed E-state index contributed by atoms with van der Waals surface area (Å²) >= 11 is 0. The van der Waals surface area contributed by atoms with Crippen molar-refractivity contribution >= 4 is 17.5 Å². The molecule has 0 radical (unpaired) electrons. The van der Waals surface area contributed by atoms with Crippen LogP contribution in [0.25, 0.3) is 0 Å². The first-order chi connectivity index (χ1) is 12.6. The SMILES string of the molecule is C[C@@H](O)c1ccccc1NC(=O)[C@H](C)N1CCN(c2ncccn2)CC1. The summed E-state index contributed by atoms with van der Waals surface area (Å²) in [5.74, 6) is 0.664. The van der Waals surface area contributed by atoms with Gasteiger partial charge >= 0.3 is 0 Å². The molecule has 2 aromatic rings. The second-order valence-electron chi connectivity index (χ2n) is 6.50. The van der Waals surface area contributed by atoms with Crippen LogP contribution in [-0.4, -0.2) is 58.1 Å². The minimum Gasteiger partial charge on any atom is -0.389 e. The molecule has 3 rings (SSSR count). The van der Waals surface area contributed by atoms with E-state index in [0.29, 0.717) is 5.69 Å². The molecule has 0 spiro atoms. The second kappa shape index (κ2) is 8.25. The summed E-state index contributed by atoms with van der Waals surface area (Å²) in [6, 6.07) is 8.89. The zero-order valence-corrected chi connectivity index (χ0v) is 15.2. The van der Waals surface area contributed by atoms with E-state index in [-0.39, 0.29) is 11.9 Å². The van der Waals surface area contributed by atoms with E-state index in [1.165, 1.54) is 0 Å². The molecule has 2 heterocycles. The first-order valence-electron chi connectivity index (χ1n) is 8.90. The quantitative estimate of drug-likeness (QED) is 0.849. The van der Waals surface area contributed by atoms with Crippen LogP contribution in [0.3, 0.4) is 0 Å². The predicted octanol–water partition coefficient (Wildman–Crippen LogP) is 1.68.